The lowest BCUT2D eigenvalue weighted by molar-refractivity contribution is -0.113. The van der Waals surface area contributed by atoms with E-state index in [1.807, 2.05) is 60.7 Å². The van der Waals surface area contributed by atoms with Crippen LogP contribution in [0.5, 0.6) is 0 Å². The molecule has 1 N–H and O–H groups in total. The van der Waals surface area contributed by atoms with Gasteiger partial charge in [0.15, 0.2) is 0 Å². The van der Waals surface area contributed by atoms with Crippen LogP contribution in [0.1, 0.15) is 5.56 Å². The molecule has 0 aliphatic heterocycles. The van der Waals surface area contributed by atoms with Crippen LogP contribution >= 0.6 is 11.8 Å². The quantitative estimate of drug-likeness (QED) is 0.346. The fourth-order valence-corrected chi connectivity index (χ4v) is 4.83. The zero-order chi connectivity index (χ0) is 24.0. The SMILES string of the molecule is CN(Cc1ccccc1)S(=O)(=O)c1ccc(NC(=O)CSc2nnc(-c3ccccc3)o2)cc1. The predicted octanol–water partition coefficient (Wildman–Crippen LogP) is 4.29. The van der Waals surface area contributed by atoms with Crippen molar-refractivity contribution in [2.24, 2.45) is 0 Å². The highest BCUT2D eigenvalue weighted by molar-refractivity contribution is 7.99. The van der Waals surface area contributed by atoms with Crippen molar-refractivity contribution in [3.05, 3.63) is 90.5 Å². The summed E-state index contributed by atoms with van der Waals surface area (Å²) in [5, 5.41) is 11.0. The molecule has 0 saturated carbocycles. The second-order valence-electron chi connectivity index (χ2n) is 7.35. The number of thioether (sulfide) groups is 1. The third-order valence-electron chi connectivity index (χ3n) is 4.85. The first-order valence-corrected chi connectivity index (χ1v) is 12.8. The lowest BCUT2D eigenvalue weighted by atomic mass is 10.2. The summed E-state index contributed by atoms with van der Waals surface area (Å²) in [5.41, 5.74) is 2.19. The molecule has 3 aromatic carbocycles. The molecule has 0 bridgehead atoms. The molecular weight excluding hydrogens is 472 g/mol. The van der Waals surface area contributed by atoms with Crippen molar-refractivity contribution in [2.45, 2.75) is 16.7 Å². The van der Waals surface area contributed by atoms with Gasteiger partial charge < -0.3 is 9.73 Å². The Bertz CT molecular complexity index is 1340. The number of rotatable bonds is 9. The summed E-state index contributed by atoms with van der Waals surface area (Å²) in [7, 11) is -2.12. The molecule has 0 saturated heterocycles. The van der Waals surface area contributed by atoms with Gasteiger partial charge in [0.05, 0.1) is 10.6 Å². The summed E-state index contributed by atoms with van der Waals surface area (Å²) in [6, 6.07) is 24.8. The van der Waals surface area contributed by atoms with Gasteiger partial charge in [-0.3, -0.25) is 4.79 Å². The molecule has 0 fully saturated rings. The highest BCUT2D eigenvalue weighted by Crippen LogP contribution is 2.23. The molecule has 0 atom stereocenters. The van der Waals surface area contributed by atoms with Crippen LogP contribution in [0.15, 0.2) is 99.5 Å². The lowest BCUT2D eigenvalue weighted by Crippen LogP contribution is -2.26. The third kappa shape index (κ3) is 5.90. The van der Waals surface area contributed by atoms with Crippen LogP contribution < -0.4 is 5.32 Å². The molecule has 0 aliphatic carbocycles. The van der Waals surface area contributed by atoms with Gasteiger partial charge in [0.1, 0.15) is 0 Å². The number of sulfonamides is 1. The molecule has 10 heteroatoms. The number of amides is 1. The zero-order valence-electron chi connectivity index (χ0n) is 18.3. The van der Waals surface area contributed by atoms with E-state index in [1.54, 1.807) is 12.1 Å². The summed E-state index contributed by atoms with van der Waals surface area (Å²) in [4.78, 5) is 12.5. The van der Waals surface area contributed by atoms with Crippen molar-refractivity contribution >= 4 is 33.4 Å². The van der Waals surface area contributed by atoms with E-state index in [4.69, 9.17) is 4.42 Å². The highest BCUT2D eigenvalue weighted by atomic mass is 32.2. The Morgan fingerprint density at radius 2 is 1.59 bits per heavy atom. The van der Waals surface area contributed by atoms with Crippen LogP contribution in [-0.4, -0.2) is 41.6 Å². The number of benzene rings is 3. The van der Waals surface area contributed by atoms with E-state index in [9.17, 15) is 13.2 Å². The summed E-state index contributed by atoms with van der Waals surface area (Å²) >= 11 is 1.12. The third-order valence-corrected chi connectivity index (χ3v) is 7.48. The van der Waals surface area contributed by atoms with E-state index in [0.29, 0.717) is 11.6 Å². The molecule has 1 amide bonds. The maximum atomic E-state index is 12.8. The fraction of sp³-hybridized carbons (Fsp3) is 0.125. The number of nitrogens with one attached hydrogen (secondary N) is 1. The van der Waals surface area contributed by atoms with Crippen molar-refractivity contribution in [1.29, 1.82) is 0 Å². The summed E-state index contributed by atoms with van der Waals surface area (Å²) in [6.45, 7) is 0.264. The Kier molecular flexibility index (Phi) is 7.41. The van der Waals surface area contributed by atoms with Gasteiger partial charge in [0, 0.05) is 24.8 Å². The minimum absolute atomic E-state index is 0.0658. The van der Waals surface area contributed by atoms with Crippen molar-refractivity contribution in [3.8, 4) is 11.5 Å². The van der Waals surface area contributed by atoms with E-state index in [0.717, 1.165) is 22.9 Å². The molecule has 0 aliphatic rings. The van der Waals surface area contributed by atoms with Gasteiger partial charge in [-0.25, -0.2) is 8.42 Å². The zero-order valence-corrected chi connectivity index (χ0v) is 19.9. The van der Waals surface area contributed by atoms with Crippen molar-refractivity contribution < 1.29 is 17.6 Å². The van der Waals surface area contributed by atoms with Crippen LogP contribution in [0.4, 0.5) is 5.69 Å². The van der Waals surface area contributed by atoms with Crippen LogP contribution in [-0.2, 0) is 21.4 Å². The van der Waals surface area contributed by atoms with E-state index >= 15 is 0 Å². The minimum Gasteiger partial charge on any atom is -0.411 e. The Hall–Kier alpha value is -3.47. The molecule has 174 valence electrons. The van der Waals surface area contributed by atoms with E-state index in [2.05, 4.69) is 15.5 Å². The molecule has 4 rings (SSSR count). The average molecular weight is 495 g/mol. The van der Waals surface area contributed by atoms with E-state index in [1.165, 1.54) is 23.5 Å². The highest BCUT2D eigenvalue weighted by Gasteiger charge is 2.21. The van der Waals surface area contributed by atoms with Crippen LogP contribution in [0.2, 0.25) is 0 Å². The number of hydrogen-bond acceptors (Lipinski definition) is 7. The normalized spacial score (nSPS) is 11.5. The van der Waals surface area contributed by atoms with Crippen molar-refractivity contribution in [2.75, 3.05) is 18.1 Å². The minimum atomic E-state index is -3.66. The van der Waals surface area contributed by atoms with Crippen molar-refractivity contribution in [1.82, 2.24) is 14.5 Å². The second-order valence-corrected chi connectivity index (χ2v) is 10.3. The average Bonchev–Trinajstić information content (AvgIpc) is 3.33. The fourth-order valence-electron chi connectivity index (χ4n) is 3.11. The first kappa shape index (κ1) is 23.7. The summed E-state index contributed by atoms with van der Waals surface area (Å²) in [6.07, 6.45) is 0. The van der Waals surface area contributed by atoms with Gasteiger partial charge in [0.25, 0.3) is 5.22 Å². The Morgan fingerprint density at radius 3 is 2.26 bits per heavy atom. The largest absolute Gasteiger partial charge is 0.411 e. The molecule has 0 radical (unpaired) electrons. The van der Waals surface area contributed by atoms with Crippen LogP contribution in [0.25, 0.3) is 11.5 Å². The maximum Gasteiger partial charge on any atom is 0.277 e. The number of hydrogen-bond donors (Lipinski definition) is 1. The molecule has 0 spiro atoms. The Labute approximate surface area is 202 Å². The number of aromatic nitrogens is 2. The van der Waals surface area contributed by atoms with Gasteiger partial charge >= 0.3 is 0 Å². The number of carbonyl (C=O) groups excluding carboxylic acids is 1. The molecular formula is C24H22N4O4S2. The second kappa shape index (κ2) is 10.6. The molecule has 0 unspecified atom stereocenters. The monoisotopic (exact) mass is 494 g/mol. The maximum absolute atomic E-state index is 12.8. The molecule has 34 heavy (non-hydrogen) atoms. The van der Waals surface area contributed by atoms with Crippen LogP contribution in [0, 0.1) is 0 Å². The standard InChI is InChI=1S/C24H22N4O4S2/c1-28(16-18-8-4-2-5-9-18)34(30,31)21-14-12-20(13-15-21)25-22(29)17-33-24-27-26-23(32-24)19-10-6-3-7-11-19/h2-15H,16-17H2,1H3,(H,25,29). The Morgan fingerprint density at radius 1 is 0.941 bits per heavy atom. The summed E-state index contributed by atoms with van der Waals surface area (Å²) < 4.78 is 32.6. The van der Waals surface area contributed by atoms with E-state index in [-0.39, 0.29) is 28.3 Å². The Balaban J connectivity index is 1.31. The van der Waals surface area contributed by atoms with Gasteiger partial charge in [0.2, 0.25) is 21.8 Å². The first-order valence-electron chi connectivity index (χ1n) is 10.3. The topological polar surface area (TPSA) is 105 Å². The van der Waals surface area contributed by atoms with Crippen LogP contribution in [0.3, 0.4) is 0 Å². The number of anilines is 1. The molecule has 8 nitrogen and oxygen atoms in total. The summed E-state index contributed by atoms with van der Waals surface area (Å²) in [5.74, 6) is 0.176. The predicted molar refractivity (Wildman–Crippen MR) is 131 cm³/mol. The van der Waals surface area contributed by atoms with Gasteiger partial charge in [-0.2, -0.15) is 4.31 Å². The number of nitrogens with zero attached hydrogens (tertiary/aromatic N) is 3. The smallest absolute Gasteiger partial charge is 0.277 e. The van der Waals surface area contributed by atoms with Gasteiger partial charge in [-0.15, -0.1) is 10.2 Å². The molecule has 4 aromatic rings. The van der Waals surface area contributed by atoms with Crippen molar-refractivity contribution in [3.63, 3.8) is 0 Å². The van der Waals surface area contributed by atoms with E-state index < -0.39 is 10.0 Å². The van der Waals surface area contributed by atoms with Gasteiger partial charge in [-0.1, -0.05) is 60.3 Å². The van der Waals surface area contributed by atoms with Gasteiger partial charge in [-0.05, 0) is 42.0 Å². The molecule has 1 heterocycles. The molecule has 1 aromatic heterocycles. The first-order chi connectivity index (χ1) is 16.4. The number of carbonyl (C=O) groups is 1. The lowest BCUT2D eigenvalue weighted by Gasteiger charge is -2.17.